The quantitative estimate of drug-likeness (QED) is 0.818. The largest absolute Gasteiger partial charge is 0.381 e. The normalized spacial score (nSPS) is 11.7. The van der Waals surface area contributed by atoms with E-state index in [0.29, 0.717) is 12.2 Å². The molecule has 0 aromatic carbocycles. The highest BCUT2D eigenvalue weighted by Crippen LogP contribution is 2.16. The summed E-state index contributed by atoms with van der Waals surface area (Å²) in [6, 6.07) is 5.31. The van der Waals surface area contributed by atoms with Crippen molar-refractivity contribution < 1.29 is 8.42 Å². The predicted molar refractivity (Wildman–Crippen MR) is 75.2 cm³/mol. The van der Waals surface area contributed by atoms with Gasteiger partial charge in [-0.2, -0.15) is 5.10 Å². The molecule has 0 aliphatic heterocycles. The fourth-order valence-corrected chi connectivity index (χ4v) is 2.79. The fourth-order valence-electron chi connectivity index (χ4n) is 1.72. The van der Waals surface area contributed by atoms with Gasteiger partial charge in [-0.3, -0.25) is 9.67 Å². The zero-order valence-corrected chi connectivity index (χ0v) is 12.0. The standard InChI is InChI=1S/C12H17N5O2S/c1-2-7-17-9-11(12(13)16-17)20(18,19)15-8-10-5-3-4-6-14-10/h3-6,9,15H,2,7-8H2,1H3,(H2,13,16). The predicted octanol–water partition coefficient (Wildman–Crippen LogP) is 0.749. The Morgan fingerprint density at radius 3 is 2.85 bits per heavy atom. The molecule has 0 bridgehead atoms. The summed E-state index contributed by atoms with van der Waals surface area (Å²) in [6.45, 7) is 2.72. The Kier molecular flexibility index (Phi) is 4.35. The molecule has 0 atom stereocenters. The van der Waals surface area contributed by atoms with E-state index in [0.717, 1.165) is 6.42 Å². The van der Waals surface area contributed by atoms with E-state index in [1.165, 1.54) is 10.9 Å². The maximum atomic E-state index is 12.2. The second-order valence-electron chi connectivity index (χ2n) is 4.29. The van der Waals surface area contributed by atoms with Gasteiger partial charge in [0, 0.05) is 18.9 Å². The van der Waals surface area contributed by atoms with E-state index in [9.17, 15) is 8.42 Å². The summed E-state index contributed by atoms with van der Waals surface area (Å²) in [6.07, 6.45) is 3.90. The van der Waals surface area contributed by atoms with Crippen LogP contribution in [-0.4, -0.2) is 23.2 Å². The van der Waals surface area contributed by atoms with Gasteiger partial charge in [0.25, 0.3) is 0 Å². The lowest BCUT2D eigenvalue weighted by molar-refractivity contribution is 0.578. The highest BCUT2D eigenvalue weighted by atomic mass is 32.2. The van der Waals surface area contributed by atoms with Crippen molar-refractivity contribution in [2.24, 2.45) is 0 Å². The van der Waals surface area contributed by atoms with Crippen LogP contribution in [0.2, 0.25) is 0 Å². The minimum Gasteiger partial charge on any atom is -0.381 e. The van der Waals surface area contributed by atoms with Gasteiger partial charge in [-0.15, -0.1) is 0 Å². The number of aromatic nitrogens is 3. The molecule has 20 heavy (non-hydrogen) atoms. The minimum atomic E-state index is -3.68. The van der Waals surface area contributed by atoms with Crippen LogP contribution in [-0.2, 0) is 23.1 Å². The molecule has 0 spiro atoms. The lowest BCUT2D eigenvalue weighted by atomic mass is 10.4. The maximum absolute atomic E-state index is 12.2. The van der Waals surface area contributed by atoms with Crippen molar-refractivity contribution >= 4 is 15.8 Å². The SMILES string of the molecule is CCCn1cc(S(=O)(=O)NCc2ccccn2)c(N)n1. The first-order valence-electron chi connectivity index (χ1n) is 6.25. The van der Waals surface area contributed by atoms with Crippen molar-refractivity contribution in [1.29, 1.82) is 0 Å². The van der Waals surface area contributed by atoms with Crippen LogP contribution in [0.25, 0.3) is 0 Å². The first-order chi connectivity index (χ1) is 9.53. The molecule has 0 saturated heterocycles. The highest BCUT2D eigenvalue weighted by Gasteiger charge is 2.20. The number of anilines is 1. The summed E-state index contributed by atoms with van der Waals surface area (Å²) < 4.78 is 28.3. The smallest absolute Gasteiger partial charge is 0.246 e. The molecule has 0 aliphatic rings. The van der Waals surface area contributed by atoms with E-state index in [2.05, 4.69) is 14.8 Å². The number of nitrogens with one attached hydrogen (secondary N) is 1. The molecule has 0 saturated carbocycles. The zero-order valence-electron chi connectivity index (χ0n) is 11.2. The van der Waals surface area contributed by atoms with Crippen molar-refractivity contribution in [3.63, 3.8) is 0 Å². The number of sulfonamides is 1. The first kappa shape index (κ1) is 14.5. The number of pyridine rings is 1. The summed E-state index contributed by atoms with van der Waals surface area (Å²) >= 11 is 0. The van der Waals surface area contributed by atoms with E-state index >= 15 is 0 Å². The molecule has 8 heteroatoms. The number of nitrogens with zero attached hydrogens (tertiary/aromatic N) is 3. The third-order valence-electron chi connectivity index (χ3n) is 2.67. The third-order valence-corrected chi connectivity index (χ3v) is 4.08. The van der Waals surface area contributed by atoms with Crippen LogP contribution in [0.4, 0.5) is 5.82 Å². The van der Waals surface area contributed by atoms with Gasteiger partial charge < -0.3 is 5.73 Å². The van der Waals surface area contributed by atoms with E-state index in [1.807, 2.05) is 6.92 Å². The average molecular weight is 295 g/mol. The van der Waals surface area contributed by atoms with E-state index in [-0.39, 0.29) is 17.3 Å². The summed E-state index contributed by atoms with van der Waals surface area (Å²) in [7, 11) is -3.68. The molecule has 3 N–H and O–H groups in total. The van der Waals surface area contributed by atoms with E-state index in [1.54, 1.807) is 24.4 Å². The van der Waals surface area contributed by atoms with Gasteiger partial charge in [0.2, 0.25) is 10.0 Å². The Morgan fingerprint density at radius 1 is 1.40 bits per heavy atom. The van der Waals surface area contributed by atoms with Crippen LogP contribution in [0, 0.1) is 0 Å². The molecule has 0 amide bonds. The number of hydrogen-bond donors (Lipinski definition) is 2. The molecule has 2 rings (SSSR count). The molecular formula is C12H17N5O2S. The molecule has 0 aliphatic carbocycles. The Balaban J connectivity index is 2.14. The van der Waals surface area contributed by atoms with Crippen LogP contribution < -0.4 is 10.5 Å². The van der Waals surface area contributed by atoms with Crippen LogP contribution in [0.15, 0.2) is 35.5 Å². The minimum absolute atomic E-state index is 0.00174. The van der Waals surface area contributed by atoms with Crippen molar-refractivity contribution in [2.45, 2.75) is 31.3 Å². The van der Waals surface area contributed by atoms with Gasteiger partial charge >= 0.3 is 0 Å². The molecule has 0 fully saturated rings. The number of hydrogen-bond acceptors (Lipinski definition) is 5. The van der Waals surface area contributed by atoms with Gasteiger partial charge in [0.1, 0.15) is 4.90 Å². The Hall–Kier alpha value is -1.93. The zero-order chi connectivity index (χ0) is 14.6. The topological polar surface area (TPSA) is 103 Å². The summed E-state index contributed by atoms with van der Waals surface area (Å²) in [4.78, 5) is 4.06. The van der Waals surface area contributed by atoms with Gasteiger partial charge in [-0.05, 0) is 18.6 Å². The number of rotatable bonds is 6. The van der Waals surface area contributed by atoms with Gasteiger partial charge in [-0.1, -0.05) is 13.0 Å². The van der Waals surface area contributed by atoms with Crippen molar-refractivity contribution in [3.05, 3.63) is 36.3 Å². The second kappa shape index (κ2) is 6.02. The number of nitrogens with two attached hydrogens (primary N) is 1. The van der Waals surface area contributed by atoms with Crippen molar-refractivity contribution in [2.75, 3.05) is 5.73 Å². The fraction of sp³-hybridized carbons (Fsp3) is 0.333. The van der Waals surface area contributed by atoms with Gasteiger partial charge in [0.15, 0.2) is 5.82 Å². The highest BCUT2D eigenvalue weighted by molar-refractivity contribution is 7.89. The maximum Gasteiger partial charge on any atom is 0.246 e. The van der Waals surface area contributed by atoms with Crippen LogP contribution in [0.5, 0.6) is 0 Å². The molecule has 0 radical (unpaired) electrons. The van der Waals surface area contributed by atoms with Crippen molar-refractivity contribution in [1.82, 2.24) is 19.5 Å². The van der Waals surface area contributed by atoms with Gasteiger partial charge in [0.05, 0.1) is 12.2 Å². The molecule has 7 nitrogen and oxygen atoms in total. The second-order valence-corrected chi connectivity index (χ2v) is 6.02. The number of nitrogen functional groups attached to an aromatic ring is 1. The Labute approximate surface area is 117 Å². The average Bonchev–Trinajstić information content (AvgIpc) is 2.80. The Bertz CT molecular complexity index is 666. The van der Waals surface area contributed by atoms with Gasteiger partial charge in [-0.25, -0.2) is 13.1 Å². The lowest BCUT2D eigenvalue weighted by Gasteiger charge is -2.04. The molecule has 2 heterocycles. The molecule has 2 aromatic heterocycles. The number of aryl methyl sites for hydroxylation is 1. The lowest BCUT2D eigenvalue weighted by Crippen LogP contribution is -2.24. The first-order valence-corrected chi connectivity index (χ1v) is 7.73. The van der Waals surface area contributed by atoms with Crippen LogP contribution in [0.1, 0.15) is 19.0 Å². The summed E-state index contributed by atoms with van der Waals surface area (Å²) in [5, 5.41) is 3.98. The monoisotopic (exact) mass is 295 g/mol. The molecule has 2 aromatic rings. The molecule has 108 valence electrons. The van der Waals surface area contributed by atoms with Crippen LogP contribution in [0.3, 0.4) is 0 Å². The van der Waals surface area contributed by atoms with E-state index < -0.39 is 10.0 Å². The molecule has 0 unspecified atom stereocenters. The van der Waals surface area contributed by atoms with Crippen molar-refractivity contribution in [3.8, 4) is 0 Å². The summed E-state index contributed by atoms with van der Waals surface area (Å²) in [5.74, 6) is 0.00645. The third kappa shape index (κ3) is 3.34. The molecular weight excluding hydrogens is 278 g/mol. The van der Waals surface area contributed by atoms with E-state index in [4.69, 9.17) is 5.73 Å². The van der Waals surface area contributed by atoms with Crippen LogP contribution >= 0.6 is 0 Å². The Morgan fingerprint density at radius 2 is 2.20 bits per heavy atom. The summed E-state index contributed by atoms with van der Waals surface area (Å²) in [5.41, 5.74) is 6.29.